The molecule has 0 aromatic heterocycles. The van der Waals surface area contributed by atoms with Gasteiger partial charge >= 0.3 is 0 Å². The Morgan fingerprint density at radius 1 is 1.19 bits per heavy atom. The number of nitriles is 1. The van der Waals surface area contributed by atoms with E-state index < -0.39 is 11.7 Å². The summed E-state index contributed by atoms with van der Waals surface area (Å²) >= 11 is 5.53. The third kappa shape index (κ3) is 6.31. The Bertz CT molecular complexity index is 1190. The van der Waals surface area contributed by atoms with Gasteiger partial charge in [-0.25, -0.2) is 4.39 Å². The number of nitrogens with one attached hydrogen (secondary N) is 1. The Morgan fingerprint density at radius 2 is 1.88 bits per heavy atom. The van der Waals surface area contributed by atoms with Gasteiger partial charge in [0.15, 0.2) is 11.5 Å². The first-order valence-corrected chi connectivity index (χ1v) is 11.2. The van der Waals surface area contributed by atoms with Crippen LogP contribution in [0.5, 0.6) is 11.5 Å². The van der Waals surface area contributed by atoms with E-state index in [9.17, 15) is 14.4 Å². The maximum absolute atomic E-state index is 13.0. The summed E-state index contributed by atoms with van der Waals surface area (Å²) in [6.45, 7) is 0.359. The molecule has 5 nitrogen and oxygen atoms in total. The largest absolute Gasteiger partial charge is 0.493 e. The maximum atomic E-state index is 13.0. The van der Waals surface area contributed by atoms with Crippen molar-refractivity contribution in [2.75, 3.05) is 12.4 Å². The summed E-state index contributed by atoms with van der Waals surface area (Å²) in [5.74, 6) is 0.0470. The minimum atomic E-state index is -0.594. The fourth-order valence-electron chi connectivity index (χ4n) is 2.75. The molecule has 0 heterocycles. The first-order valence-electron chi connectivity index (χ1n) is 9.33. The molecule has 0 fully saturated rings. The number of carbonyl (C=O) groups is 1. The second-order valence-corrected chi connectivity index (χ2v) is 8.66. The minimum Gasteiger partial charge on any atom is -0.493 e. The van der Waals surface area contributed by atoms with Crippen LogP contribution >= 0.6 is 38.5 Å². The van der Waals surface area contributed by atoms with Gasteiger partial charge in [-0.2, -0.15) is 5.26 Å². The number of halogens is 3. The van der Waals surface area contributed by atoms with E-state index in [4.69, 9.17) is 9.47 Å². The molecule has 162 valence electrons. The summed E-state index contributed by atoms with van der Waals surface area (Å²) < 4.78 is 26.2. The predicted molar refractivity (Wildman–Crippen MR) is 133 cm³/mol. The highest BCUT2D eigenvalue weighted by atomic mass is 127. The molecule has 0 unspecified atom stereocenters. The van der Waals surface area contributed by atoms with E-state index in [1.165, 1.54) is 37.5 Å². The first kappa shape index (κ1) is 23.8. The third-order valence-electron chi connectivity index (χ3n) is 4.33. The second kappa shape index (κ2) is 11.1. The number of amides is 1. The first-order chi connectivity index (χ1) is 15.4. The van der Waals surface area contributed by atoms with E-state index in [0.29, 0.717) is 29.4 Å². The molecule has 0 bridgehead atoms. The van der Waals surface area contributed by atoms with Crippen molar-refractivity contribution in [1.82, 2.24) is 0 Å². The molecule has 0 aliphatic heterocycles. The van der Waals surface area contributed by atoms with E-state index in [1.807, 2.05) is 30.3 Å². The molecule has 32 heavy (non-hydrogen) atoms. The van der Waals surface area contributed by atoms with E-state index in [2.05, 4.69) is 43.8 Å². The molecular formula is C24H17BrFIN2O3. The normalized spacial score (nSPS) is 10.9. The highest BCUT2D eigenvalue weighted by Crippen LogP contribution is 2.35. The molecule has 1 N–H and O–H groups in total. The Labute approximate surface area is 207 Å². The quantitative estimate of drug-likeness (QED) is 0.194. The van der Waals surface area contributed by atoms with Crippen molar-refractivity contribution in [2.45, 2.75) is 6.61 Å². The summed E-state index contributed by atoms with van der Waals surface area (Å²) in [7, 11) is 1.53. The number of hydrogen-bond acceptors (Lipinski definition) is 4. The molecule has 1 amide bonds. The van der Waals surface area contributed by atoms with Crippen LogP contribution in [-0.2, 0) is 11.4 Å². The van der Waals surface area contributed by atoms with Crippen LogP contribution in [0.25, 0.3) is 6.08 Å². The average molecular weight is 607 g/mol. The lowest BCUT2D eigenvalue weighted by Crippen LogP contribution is -2.13. The van der Waals surface area contributed by atoms with Crippen LogP contribution in [0.3, 0.4) is 0 Å². The fraction of sp³-hybridized carbons (Fsp3) is 0.0833. The summed E-state index contributed by atoms with van der Waals surface area (Å²) in [4.78, 5) is 12.5. The lowest BCUT2D eigenvalue weighted by molar-refractivity contribution is -0.112. The Kier molecular flexibility index (Phi) is 8.25. The molecular weight excluding hydrogens is 590 g/mol. The smallest absolute Gasteiger partial charge is 0.266 e. The Balaban J connectivity index is 1.80. The van der Waals surface area contributed by atoms with Crippen molar-refractivity contribution in [3.8, 4) is 17.6 Å². The van der Waals surface area contributed by atoms with Crippen molar-refractivity contribution in [3.05, 3.63) is 91.2 Å². The van der Waals surface area contributed by atoms with Gasteiger partial charge in [0.1, 0.15) is 24.1 Å². The molecule has 0 atom stereocenters. The van der Waals surface area contributed by atoms with Gasteiger partial charge in [-0.05, 0) is 88.3 Å². The number of methoxy groups -OCH3 is 1. The fourth-order valence-corrected chi connectivity index (χ4v) is 3.79. The summed E-state index contributed by atoms with van der Waals surface area (Å²) in [6.07, 6.45) is 1.46. The van der Waals surface area contributed by atoms with Gasteiger partial charge in [-0.3, -0.25) is 4.79 Å². The molecule has 0 radical (unpaired) electrons. The summed E-state index contributed by atoms with van der Waals surface area (Å²) in [5, 5.41) is 12.0. The lowest BCUT2D eigenvalue weighted by Gasteiger charge is -2.14. The zero-order chi connectivity index (χ0) is 23.1. The van der Waals surface area contributed by atoms with Crippen LogP contribution in [0.4, 0.5) is 10.1 Å². The zero-order valence-corrected chi connectivity index (χ0v) is 20.6. The van der Waals surface area contributed by atoms with E-state index >= 15 is 0 Å². The van der Waals surface area contributed by atoms with E-state index in [0.717, 1.165) is 13.6 Å². The number of benzene rings is 3. The minimum absolute atomic E-state index is 0.101. The van der Waals surface area contributed by atoms with Crippen LogP contribution < -0.4 is 14.8 Å². The van der Waals surface area contributed by atoms with E-state index in [-0.39, 0.29) is 5.57 Å². The SMILES string of the molecule is COc1cc(/C=C(/C#N)C(=O)Nc2ccc(F)cc2)cc(I)c1OCc1ccc(Br)cc1. The number of hydrogen-bond donors (Lipinski definition) is 1. The van der Waals surface area contributed by atoms with Crippen molar-refractivity contribution in [1.29, 1.82) is 5.26 Å². The van der Waals surface area contributed by atoms with Gasteiger partial charge in [0, 0.05) is 10.2 Å². The van der Waals surface area contributed by atoms with Gasteiger partial charge in [-0.1, -0.05) is 28.1 Å². The average Bonchev–Trinajstić information content (AvgIpc) is 2.79. The highest BCUT2D eigenvalue weighted by Gasteiger charge is 2.14. The van der Waals surface area contributed by atoms with Crippen molar-refractivity contribution >= 4 is 56.2 Å². The zero-order valence-electron chi connectivity index (χ0n) is 16.9. The van der Waals surface area contributed by atoms with Crippen molar-refractivity contribution < 1.29 is 18.7 Å². The van der Waals surface area contributed by atoms with Crippen molar-refractivity contribution in [2.24, 2.45) is 0 Å². The van der Waals surface area contributed by atoms with Gasteiger partial charge in [-0.15, -0.1) is 0 Å². The third-order valence-corrected chi connectivity index (χ3v) is 5.66. The number of nitrogens with zero attached hydrogens (tertiary/aromatic N) is 1. The number of rotatable bonds is 7. The molecule has 3 aromatic rings. The summed E-state index contributed by atoms with van der Waals surface area (Å²) in [5.41, 5.74) is 1.89. The molecule has 3 rings (SSSR count). The monoisotopic (exact) mass is 606 g/mol. The topological polar surface area (TPSA) is 71.3 Å². The van der Waals surface area contributed by atoms with E-state index in [1.54, 1.807) is 12.1 Å². The van der Waals surface area contributed by atoms with Crippen LogP contribution in [0, 0.1) is 20.7 Å². The Morgan fingerprint density at radius 3 is 2.50 bits per heavy atom. The number of carbonyl (C=O) groups excluding carboxylic acids is 1. The van der Waals surface area contributed by atoms with Gasteiger partial charge in [0.2, 0.25) is 0 Å². The van der Waals surface area contributed by atoms with Crippen LogP contribution in [-0.4, -0.2) is 13.0 Å². The van der Waals surface area contributed by atoms with Gasteiger partial charge in [0.05, 0.1) is 10.7 Å². The van der Waals surface area contributed by atoms with Gasteiger partial charge < -0.3 is 14.8 Å². The highest BCUT2D eigenvalue weighted by molar-refractivity contribution is 14.1. The molecule has 0 aliphatic carbocycles. The predicted octanol–water partition coefficient (Wildman–Crippen LogP) is 6.33. The summed E-state index contributed by atoms with van der Waals surface area (Å²) in [6, 6.07) is 18.5. The molecule has 0 spiro atoms. The molecule has 0 saturated carbocycles. The molecule has 3 aromatic carbocycles. The van der Waals surface area contributed by atoms with Crippen LogP contribution in [0.1, 0.15) is 11.1 Å². The number of anilines is 1. The lowest BCUT2D eigenvalue weighted by atomic mass is 10.1. The second-order valence-electron chi connectivity index (χ2n) is 6.58. The van der Waals surface area contributed by atoms with Crippen LogP contribution in [0.2, 0.25) is 0 Å². The molecule has 0 aliphatic rings. The molecule has 8 heteroatoms. The molecule has 0 saturated heterocycles. The standard InChI is InChI=1S/C24H17BrFIN2O3/c1-31-22-12-16(10-17(13-28)24(30)29-20-8-6-19(26)7-9-20)11-21(27)23(22)32-14-15-2-4-18(25)5-3-15/h2-12H,14H2,1H3,(H,29,30)/b17-10-. The van der Waals surface area contributed by atoms with Crippen LogP contribution in [0.15, 0.2) is 70.7 Å². The Hall–Kier alpha value is -2.90. The van der Waals surface area contributed by atoms with Gasteiger partial charge in [0.25, 0.3) is 5.91 Å². The maximum Gasteiger partial charge on any atom is 0.266 e. The van der Waals surface area contributed by atoms with Crippen molar-refractivity contribution in [3.63, 3.8) is 0 Å². The number of ether oxygens (including phenoxy) is 2.